The standard InChI is InChI=1S/C9H8ClNS/c1-6-2-8(11-4-6)9-3-7(10)5-12-9/h2-5,11H,1H3. The molecular weight excluding hydrogens is 190 g/mol. The van der Waals surface area contributed by atoms with Gasteiger partial charge in [0.1, 0.15) is 0 Å². The molecule has 2 aromatic rings. The van der Waals surface area contributed by atoms with Crippen LogP contribution in [0.1, 0.15) is 5.56 Å². The Labute approximate surface area is 80.0 Å². The summed E-state index contributed by atoms with van der Waals surface area (Å²) < 4.78 is 0. The van der Waals surface area contributed by atoms with E-state index in [4.69, 9.17) is 11.6 Å². The Morgan fingerprint density at radius 3 is 2.75 bits per heavy atom. The Bertz CT molecular complexity index is 350. The summed E-state index contributed by atoms with van der Waals surface area (Å²) in [6.45, 7) is 2.06. The molecule has 0 aliphatic heterocycles. The number of halogens is 1. The largest absolute Gasteiger partial charge is 0.360 e. The van der Waals surface area contributed by atoms with Crippen molar-refractivity contribution >= 4 is 22.9 Å². The number of hydrogen-bond acceptors (Lipinski definition) is 1. The lowest BCUT2D eigenvalue weighted by molar-refractivity contribution is 1.39. The summed E-state index contributed by atoms with van der Waals surface area (Å²) in [4.78, 5) is 4.37. The first-order chi connectivity index (χ1) is 5.75. The smallest absolute Gasteiger partial charge is 0.0558 e. The lowest BCUT2D eigenvalue weighted by atomic mass is 10.3. The molecule has 62 valence electrons. The van der Waals surface area contributed by atoms with Gasteiger partial charge in [0.25, 0.3) is 0 Å². The number of nitrogens with one attached hydrogen (secondary N) is 1. The van der Waals surface area contributed by atoms with Gasteiger partial charge in [-0.15, -0.1) is 11.3 Å². The minimum absolute atomic E-state index is 0.808. The van der Waals surface area contributed by atoms with Crippen molar-refractivity contribution in [3.8, 4) is 10.6 Å². The summed E-state index contributed by atoms with van der Waals surface area (Å²) in [6, 6.07) is 4.08. The van der Waals surface area contributed by atoms with E-state index in [1.807, 2.05) is 17.6 Å². The van der Waals surface area contributed by atoms with Crippen LogP contribution >= 0.6 is 22.9 Å². The van der Waals surface area contributed by atoms with Crippen LogP contribution in [0.2, 0.25) is 5.02 Å². The average Bonchev–Trinajstić information content (AvgIpc) is 2.58. The zero-order valence-electron chi connectivity index (χ0n) is 6.60. The summed E-state index contributed by atoms with van der Waals surface area (Å²) in [5, 5.41) is 2.75. The lowest BCUT2D eigenvalue weighted by Gasteiger charge is -1.87. The molecule has 0 saturated heterocycles. The highest BCUT2D eigenvalue weighted by molar-refractivity contribution is 7.14. The van der Waals surface area contributed by atoms with Gasteiger partial charge in [0.2, 0.25) is 0 Å². The highest BCUT2D eigenvalue weighted by Crippen LogP contribution is 2.28. The SMILES string of the molecule is Cc1c[nH]c(-c2cc(Cl)cs2)c1. The van der Waals surface area contributed by atoms with E-state index < -0.39 is 0 Å². The fourth-order valence-corrected chi connectivity index (χ4v) is 2.15. The van der Waals surface area contributed by atoms with Crippen LogP contribution < -0.4 is 0 Å². The molecule has 0 unspecified atom stereocenters. The summed E-state index contributed by atoms with van der Waals surface area (Å²) >= 11 is 7.47. The quantitative estimate of drug-likeness (QED) is 0.718. The maximum Gasteiger partial charge on any atom is 0.0558 e. The van der Waals surface area contributed by atoms with Crippen molar-refractivity contribution in [3.63, 3.8) is 0 Å². The number of thiophene rings is 1. The highest BCUT2D eigenvalue weighted by Gasteiger charge is 2.01. The predicted octanol–water partition coefficient (Wildman–Crippen LogP) is 3.71. The van der Waals surface area contributed by atoms with Crippen molar-refractivity contribution < 1.29 is 0 Å². The van der Waals surface area contributed by atoms with Gasteiger partial charge in [0.15, 0.2) is 0 Å². The van der Waals surface area contributed by atoms with Crippen LogP contribution in [0.4, 0.5) is 0 Å². The Morgan fingerprint density at radius 1 is 1.42 bits per heavy atom. The van der Waals surface area contributed by atoms with Crippen molar-refractivity contribution in [2.45, 2.75) is 6.92 Å². The van der Waals surface area contributed by atoms with E-state index in [2.05, 4.69) is 18.0 Å². The molecule has 0 saturated carbocycles. The van der Waals surface area contributed by atoms with Gasteiger partial charge in [-0.25, -0.2) is 0 Å². The van der Waals surface area contributed by atoms with Gasteiger partial charge < -0.3 is 4.98 Å². The third kappa shape index (κ3) is 1.40. The molecule has 0 aliphatic carbocycles. The van der Waals surface area contributed by atoms with E-state index in [0.717, 1.165) is 10.7 Å². The maximum atomic E-state index is 5.81. The van der Waals surface area contributed by atoms with Crippen LogP contribution in [0.5, 0.6) is 0 Å². The third-order valence-electron chi connectivity index (χ3n) is 1.66. The van der Waals surface area contributed by atoms with Crippen LogP contribution in [0.15, 0.2) is 23.7 Å². The van der Waals surface area contributed by atoms with Crippen molar-refractivity contribution in [1.82, 2.24) is 4.98 Å². The maximum absolute atomic E-state index is 5.81. The molecule has 3 heteroatoms. The molecule has 1 nitrogen and oxygen atoms in total. The molecule has 2 aromatic heterocycles. The van der Waals surface area contributed by atoms with Crippen molar-refractivity contribution in [3.05, 3.63) is 34.3 Å². The van der Waals surface area contributed by atoms with Crippen LogP contribution in [0.3, 0.4) is 0 Å². The van der Waals surface area contributed by atoms with Crippen molar-refractivity contribution in [1.29, 1.82) is 0 Å². The molecule has 0 spiro atoms. The summed E-state index contributed by atoms with van der Waals surface area (Å²) in [7, 11) is 0. The lowest BCUT2D eigenvalue weighted by Crippen LogP contribution is -1.66. The van der Waals surface area contributed by atoms with E-state index >= 15 is 0 Å². The van der Waals surface area contributed by atoms with Crippen LogP contribution in [0.25, 0.3) is 10.6 Å². The molecule has 0 atom stereocenters. The molecule has 0 radical (unpaired) electrons. The Morgan fingerprint density at radius 2 is 2.25 bits per heavy atom. The predicted molar refractivity (Wildman–Crippen MR) is 53.9 cm³/mol. The fourth-order valence-electron chi connectivity index (χ4n) is 1.10. The van der Waals surface area contributed by atoms with Gasteiger partial charge in [-0.05, 0) is 24.6 Å². The molecule has 0 fully saturated rings. The van der Waals surface area contributed by atoms with Gasteiger partial charge in [-0.2, -0.15) is 0 Å². The Balaban J connectivity index is 2.43. The number of H-pyrrole nitrogens is 1. The number of rotatable bonds is 1. The zero-order valence-corrected chi connectivity index (χ0v) is 8.17. The van der Waals surface area contributed by atoms with Gasteiger partial charge in [0.05, 0.1) is 15.6 Å². The first-order valence-electron chi connectivity index (χ1n) is 3.65. The summed E-state index contributed by atoms with van der Waals surface area (Å²) in [5.41, 5.74) is 2.39. The van der Waals surface area contributed by atoms with E-state index in [-0.39, 0.29) is 0 Å². The van der Waals surface area contributed by atoms with Crippen molar-refractivity contribution in [2.75, 3.05) is 0 Å². The van der Waals surface area contributed by atoms with E-state index in [0.29, 0.717) is 0 Å². The van der Waals surface area contributed by atoms with E-state index in [9.17, 15) is 0 Å². The normalized spacial score (nSPS) is 10.5. The molecular formula is C9H8ClNS. The molecule has 0 aromatic carbocycles. The summed E-state index contributed by atoms with van der Waals surface area (Å²) in [5.74, 6) is 0. The van der Waals surface area contributed by atoms with E-state index in [1.165, 1.54) is 10.4 Å². The molecule has 1 N–H and O–H groups in total. The molecule has 0 amide bonds. The second-order valence-electron chi connectivity index (χ2n) is 2.72. The average molecular weight is 198 g/mol. The topological polar surface area (TPSA) is 15.8 Å². The van der Waals surface area contributed by atoms with Crippen LogP contribution in [-0.2, 0) is 0 Å². The first-order valence-corrected chi connectivity index (χ1v) is 4.91. The second-order valence-corrected chi connectivity index (χ2v) is 4.07. The number of hydrogen-bond donors (Lipinski definition) is 1. The Kier molecular flexibility index (Phi) is 1.95. The van der Waals surface area contributed by atoms with E-state index in [1.54, 1.807) is 11.3 Å². The number of aryl methyl sites for hydroxylation is 1. The van der Waals surface area contributed by atoms with Gasteiger partial charge in [0, 0.05) is 11.6 Å². The van der Waals surface area contributed by atoms with Crippen molar-refractivity contribution in [2.24, 2.45) is 0 Å². The minimum atomic E-state index is 0.808. The fraction of sp³-hybridized carbons (Fsp3) is 0.111. The van der Waals surface area contributed by atoms with Crippen LogP contribution in [-0.4, -0.2) is 4.98 Å². The summed E-state index contributed by atoms with van der Waals surface area (Å²) in [6.07, 6.45) is 1.99. The molecule has 12 heavy (non-hydrogen) atoms. The first kappa shape index (κ1) is 7.90. The Hall–Kier alpha value is -0.730. The second kappa shape index (κ2) is 2.96. The monoisotopic (exact) mass is 197 g/mol. The highest BCUT2D eigenvalue weighted by atomic mass is 35.5. The molecule has 0 aliphatic rings. The van der Waals surface area contributed by atoms with Crippen LogP contribution in [0, 0.1) is 6.92 Å². The number of aromatic nitrogens is 1. The third-order valence-corrected chi connectivity index (χ3v) is 2.97. The molecule has 0 bridgehead atoms. The molecule has 2 rings (SSSR count). The number of aromatic amines is 1. The van der Waals surface area contributed by atoms with Gasteiger partial charge >= 0.3 is 0 Å². The van der Waals surface area contributed by atoms with Gasteiger partial charge in [-0.1, -0.05) is 11.6 Å². The molecule has 2 heterocycles. The van der Waals surface area contributed by atoms with Gasteiger partial charge in [-0.3, -0.25) is 0 Å². The minimum Gasteiger partial charge on any atom is -0.360 e. The zero-order chi connectivity index (χ0) is 8.55.